The second kappa shape index (κ2) is 5.73. The SMILES string of the molecule is COc1ccc(CNCC(=O)NC2CC2)cc1O. The molecule has 98 valence electrons. The molecule has 0 aliphatic heterocycles. The van der Waals surface area contributed by atoms with Gasteiger partial charge in [-0.25, -0.2) is 0 Å². The smallest absolute Gasteiger partial charge is 0.234 e. The lowest BCUT2D eigenvalue weighted by Gasteiger charge is -2.08. The molecule has 1 amide bonds. The molecule has 18 heavy (non-hydrogen) atoms. The van der Waals surface area contributed by atoms with E-state index < -0.39 is 0 Å². The highest BCUT2D eigenvalue weighted by molar-refractivity contribution is 5.78. The number of aromatic hydroxyl groups is 1. The second-order valence-corrected chi connectivity index (χ2v) is 4.45. The van der Waals surface area contributed by atoms with E-state index in [9.17, 15) is 9.90 Å². The third-order valence-electron chi connectivity index (χ3n) is 2.80. The van der Waals surface area contributed by atoms with Gasteiger partial charge in [-0.1, -0.05) is 6.07 Å². The molecule has 1 aromatic rings. The summed E-state index contributed by atoms with van der Waals surface area (Å²) >= 11 is 0. The van der Waals surface area contributed by atoms with Gasteiger partial charge in [-0.2, -0.15) is 0 Å². The van der Waals surface area contributed by atoms with Gasteiger partial charge in [-0.15, -0.1) is 0 Å². The molecule has 5 nitrogen and oxygen atoms in total. The molecule has 0 atom stereocenters. The van der Waals surface area contributed by atoms with Crippen molar-refractivity contribution >= 4 is 5.91 Å². The zero-order valence-corrected chi connectivity index (χ0v) is 10.4. The molecule has 0 radical (unpaired) electrons. The standard InChI is InChI=1S/C13H18N2O3/c1-18-12-5-2-9(6-11(12)16)7-14-8-13(17)15-10-3-4-10/h2,5-6,10,14,16H,3-4,7-8H2,1H3,(H,15,17). The maximum absolute atomic E-state index is 11.4. The molecule has 0 heterocycles. The van der Waals surface area contributed by atoms with Crippen molar-refractivity contribution in [2.45, 2.75) is 25.4 Å². The van der Waals surface area contributed by atoms with Crippen LogP contribution in [0, 0.1) is 0 Å². The Bertz CT molecular complexity index is 430. The molecular formula is C13H18N2O3. The monoisotopic (exact) mass is 250 g/mol. The molecule has 0 aromatic heterocycles. The average Bonchev–Trinajstić information content (AvgIpc) is 3.13. The lowest BCUT2D eigenvalue weighted by Crippen LogP contribution is -2.34. The van der Waals surface area contributed by atoms with Crippen LogP contribution >= 0.6 is 0 Å². The fourth-order valence-corrected chi connectivity index (χ4v) is 1.67. The van der Waals surface area contributed by atoms with Gasteiger partial charge in [0.2, 0.25) is 5.91 Å². The normalized spacial score (nSPS) is 14.3. The molecule has 1 aliphatic rings. The van der Waals surface area contributed by atoms with Gasteiger partial charge in [-0.05, 0) is 30.5 Å². The Labute approximate surface area is 106 Å². The number of nitrogens with one attached hydrogen (secondary N) is 2. The average molecular weight is 250 g/mol. The van der Waals surface area contributed by atoms with E-state index in [1.807, 2.05) is 6.07 Å². The topological polar surface area (TPSA) is 70.6 Å². The maximum atomic E-state index is 11.4. The van der Waals surface area contributed by atoms with E-state index in [4.69, 9.17) is 4.74 Å². The van der Waals surface area contributed by atoms with Crippen LogP contribution in [0.1, 0.15) is 18.4 Å². The van der Waals surface area contributed by atoms with E-state index in [1.165, 1.54) is 7.11 Å². The second-order valence-electron chi connectivity index (χ2n) is 4.45. The predicted octanol–water partition coefficient (Wildman–Crippen LogP) is 0.769. The number of carbonyl (C=O) groups excluding carboxylic acids is 1. The maximum Gasteiger partial charge on any atom is 0.234 e. The van der Waals surface area contributed by atoms with Crippen LogP contribution in [0.4, 0.5) is 0 Å². The molecule has 1 fully saturated rings. The molecule has 5 heteroatoms. The van der Waals surface area contributed by atoms with E-state index in [1.54, 1.807) is 12.1 Å². The fourth-order valence-electron chi connectivity index (χ4n) is 1.67. The highest BCUT2D eigenvalue weighted by Crippen LogP contribution is 2.26. The molecule has 1 saturated carbocycles. The Morgan fingerprint density at radius 2 is 2.28 bits per heavy atom. The van der Waals surface area contributed by atoms with Crippen molar-refractivity contribution in [1.82, 2.24) is 10.6 Å². The number of amides is 1. The lowest BCUT2D eigenvalue weighted by molar-refractivity contribution is -0.120. The molecule has 2 rings (SSSR count). The van der Waals surface area contributed by atoms with Gasteiger partial charge in [0.15, 0.2) is 11.5 Å². The van der Waals surface area contributed by atoms with E-state index in [0.29, 0.717) is 24.9 Å². The first-order chi connectivity index (χ1) is 8.69. The number of ether oxygens (including phenoxy) is 1. The summed E-state index contributed by atoms with van der Waals surface area (Å²) < 4.78 is 4.96. The van der Waals surface area contributed by atoms with E-state index >= 15 is 0 Å². The van der Waals surface area contributed by atoms with E-state index in [-0.39, 0.29) is 11.7 Å². The lowest BCUT2D eigenvalue weighted by atomic mass is 10.2. The first-order valence-corrected chi connectivity index (χ1v) is 6.05. The van der Waals surface area contributed by atoms with Crippen molar-refractivity contribution in [3.8, 4) is 11.5 Å². The third kappa shape index (κ3) is 3.63. The summed E-state index contributed by atoms with van der Waals surface area (Å²) in [6, 6.07) is 5.58. The highest BCUT2D eigenvalue weighted by atomic mass is 16.5. The molecule has 3 N–H and O–H groups in total. The first kappa shape index (κ1) is 12.7. The van der Waals surface area contributed by atoms with Gasteiger partial charge in [-0.3, -0.25) is 4.79 Å². The number of hydrogen-bond acceptors (Lipinski definition) is 4. The Morgan fingerprint density at radius 1 is 1.50 bits per heavy atom. The zero-order valence-electron chi connectivity index (χ0n) is 10.4. The minimum Gasteiger partial charge on any atom is -0.504 e. The molecule has 0 spiro atoms. The summed E-state index contributed by atoms with van der Waals surface area (Å²) in [4.78, 5) is 11.4. The molecular weight excluding hydrogens is 232 g/mol. The van der Waals surface area contributed by atoms with Crippen molar-refractivity contribution in [2.24, 2.45) is 0 Å². The number of phenols is 1. The highest BCUT2D eigenvalue weighted by Gasteiger charge is 2.22. The number of benzene rings is 1. The van der Waals surface area contributed by atoms with Crippen LogP contribution in [-0.2, 0) is 11.3 Å². The van der Waals surface area contributed by atoms with Crippen LogP contribution in [0.25, 0.3) is 0 Å². The molecule has 0 unspecified atom stereocenters. The summed E-state index contributed by atoms with van der Waals surface area (Å²) in [6.45, 7) is 0.832. The predicted molar refractivity (Wildman–Crippen MR) is 67.5 cm³/mol. The Balaban J connectivity index is 1.75. The summed E-state index contributed by atoms with van der Waals surface area (Å²) in [7, 11) is 1.51. The number of methoxy groups -OCH3 is 1. The van der Waals surface area contributed by atoms with Crippen LogP contribution in [0.2, 0.25) is 0 Å². The van der Waals surface area contributed by atoms with Crippen molar-refractivity contribution < 1.29 is 14.6 Å². The van der Waals surface area contributed by atoms with Crippen LogP contribution in [0.15, 0.2) is 18.2 Å². The minimum absolute atomic E-state index is 0.0234. The number of rotatable bonds is 6. The summed E-state index contributed by atoms with van der Waals surface area (Å²) in [5.74, 6) is 0.583. The Hall–Kier alpha value is -1.75. The van der Waals surface area contributed by atoms with Gasteiger partial charge in [0.05, 0.1) is 13.7 Å². The first-order valence-electron chi connectivity index (χ1n) is 6.05. The Morgan fingerprint density at radius 3 is 2.89 bits per heavy atom. The molecule has 1 aliphatic carbocycles. The minimum atomic E-state index is 0.0234. The zero-order chi connectivity index (χ0) is 13.0. The van der Waals surface area contributed by atoms with Gasteiger partial charge in [0.1, 0.15) is 0 Å². The largest absolute Gasteiger partial charge is 0.504 e. The van der Waals surface area contributed by atoms with Crippen molar-refractivity contribution in [1.29, 1.82) is 0 Å². The van der Waals surface area contributed by atoms with E-state index in [2.05, 4.69) is 10.6 Å². The van der Waals surface area contributed by atoms with E-state index in [0.717, 1.165) is 18.4 Å². The third-order valence-corrected chi connectivity index (χ3v) is 2.80. The summed E-state index contributed by atoms with van der Waals surface area (Å²) in [5, 5.41) is 15.5. The molecule has 0 saturated heterocycles. The van der Waals surface area contributed by atoms with Crippen LogP contribution < -0.4 is 15.4 Å². The van der Waals surface area contributed by atoms with Crippen LogP contribution in [-0.4, -0.2) is 30.7 Å². The van der Waals surface area contributed by atoms with Crippen molar-refractivity contribution in [3.63, 3.8) is 0 Å². The summed E-state index contributed by atoms with van der Waals surface area (Å²) in [5.41, 5.74) is 0.910. The van der Waals surface area contributed by atoms with Gasteiger partial charge in [0, 0.05) is 12.6 Å². The van der Waals surface area contributed by atoms with Gasteiger partial charge in [0.25, 0.3) is 0 Å². The van der Waals surface area contributed by atoms with Crippen LogP contribution in [0.5, 0.6) is 11.5 Å². The van der Waals surface area contributed by atoms with Crippen LogP contribution in [0.3, 0.4) is 0 Å². The Kier molecular flexibility index (Phi) is 4.04. The number of carbonyl (C=O) groups is 1. The summed E-state index contributed by atoms with van der Waals surface area (Å²) in [6.07, 6.45) is 2.19. The van der Waals surface area contributed by atoms with Gasteiger partial charge >= 0.3 is 0 Å². The molecule has 1 aromatic carbocycles. The van der Waals surface area contributed by atoms with Crippen molar-refractivity contribution in [2.75, 3.05) is 13.7 Å². The number of phenolic OH excluding ortho intramolecular Hbond substituents is 1. The number of hydrogen-bond donors (Lipinski definition) is 3. The van der Waals surface area contributed by atoms with Crippen molar-refractivity contribution in [3.05, 3.63) is 23.8 Å². The molecule has 0 bridgehead atoms. The van der Waals surface area contributed by atoms with Gasteiger partial charge < -0.3 is 20.5 Å². The fraction of sp³-hybridized carbons (Fsp3) is 0.462. The quantitative estimate of drug-likeness (QED) is 0.697.